The zero-order valence-corrected chi connectivity index (χ0v) is 22.7. The number of methoxy groups -OCH3 is 1. The van der Waals surface area contributed by atoms with Gasteiger partial charge in [0.15, 0.2) is 5.76 Å². The molecule has 0 aliphatic carbocycles. The van der Waals surface area contributed by atoms with Gasteiger partial charge in [0.2, 0.25) is 11.8 Å². The number of hydrogen-bond acceptors (Lipinski definition) is 7. The number of pyridine rings is 1. The first-order chi connectivity index (χ1) is 20.0. The number of nitrogens with one attached hydrogen (secondary N) is 2. The maximum absolute atomic E-state index is 13.3. The Morgan fingerprint density at radius 1 is 1.00 bits per heavy atom. The average Bonchev–Trinajstić information content (AvgIpc) is 3.55. The molecule has 210 valence electrons. The van der Waals surface area contributed by atoms with Crippen LogP contribution in [0.1, 0.15) is 21.8 Å². The van der Waals surface area contributed by atoms with E-state index < -0.39 is 5.91 Å². The van der Waals surface area contributed by atoms with Crippen molar-refractivity contribution in [3.8, 4) is 5.75 Å². The Kier molecular flexibility index (Phi) is 8.70. The summed E-state index contributed by atoms with van der Waals surface area (Å²) in [5, 5.41) is 5.97. The van der Waals surface area contributed by atoms with Crippen molar-refractivity contribution in [1.29, 1.82) is 0 Å². The number of nitrogens with zero attached hydrogens (tertiary/aromatic N) is 3. The van der Waals surface area contributed by atoms with E-state index >= 15 is 0 Å². The summed E-state index contributed by atoms with van der Waals surface area (Å²) in [6, 6.07) is 21.8. The Hall–Kier alpha value is -4.96. The number of furan rings is 1. The Balaban J connectivity index is 1.33. The summed E-state index contributed by atoms with van der Waals surface area (Å²) < 4.78 is 10.4. The van der Waals surface area contributed by atoms with E-state index in [9.17, 15) is 14.4 Å². The first-order valence-corrected chi connectivity index (χ1v) is 13.3. The van der Waals surface area contributed by atoms with Crippen molar-refractivity contribution in [2.24, 2.45) is 0 Å². The molecule has 0 saturated heterocycles. The molecule has 10 nitrogen and oxygen atoms in total. The van der Waals surface area contributed by atoms with Crippen LogP contribution in [0.25, 0.3) is 0 Å². The van der Waals surface area contributed by atoms with Crippen LogP contribution in [0.4, 0.5) is 17.1 Å². The lowest BCUT2D eigenvalue weighted by Crippen LogP contribution is -2.50. The van der Waals surface area contributed by atoms with Gasteiger partial charge >= 0.3 is 0 Å². The van der Waals surface area contributed by atoms with Crippen LogP contribution in [-0.2, 0) is 22.4 Å². The molecule has 0 spiro atoms. The second-order valence-corrected chi connectivity index (χ2v) is 9.51. The van der Waals surface area contributed by atoms with Crippen LogP contribution in [0.3, 0.4) is 0 Å². The van der Waals surface area contributed by atoms with E-state index in [0.717, 1.165) is 17.0 Å². The quantitative estimate of drug-likeness (QED) is 0.272. The first-order valence-electron chi connectivity index (χ1n) is 13.3. The topological polar surface area (TPSA) is 117 Å². The normalized spacial score (nSPS) is 12.7. The lowest BCUT2D eigenvalue weighted by Gasteiger charge is -2.36. The molecule has 10 heteroatoms. The number of carbonyl (C=O) groups excluding carboxylic acids is 3. The molecule has 0 atom stereocenters. The number of fused-ring (bicyclic) bond motifs is 1. The summed E-state index contributed by atoms with van der Waals surface area (Å²) in [6.07, 6.45) is 4.45. The maximum Gasteiger partial charge on any atom is 0.291 e. The van der Waals surface area contributed by atoms with Crippen molar-refractivity contribution in [2.45, 2.75) is 12.8 Å². The molecule has 4 aromatic rings. The van der Waals surface area contributed by atoms with Gasteiger partial charge in [-0.15, -0.1) is 0 Å². The summed E-state index contributed by atoms with van der Waals surface area (Å²) in [5.41, 5.74) is 3.62. The third kappa shape index (κ3) is 6.79. The number of anilines is 3. The molecule has 2 aromatic heterocycles. The number of aromatic nitrogens is 1. The highest BCUT2D eigenvalue weighted by atomic mass is 16.5. The van der Waals surface area contributed by atoms with Crippen molar-refractivity contribution >= 4 is 34.8 Å². The zero-order chi connectivity index (χ0) is 28.6. The van der Waals surface area contributed by atoms with Gasteiger partial charge in [0.1, 0.15) is 12.3 Å². The van der Waals surface area contributed by atoms with Crippen LogP contribution < -0.4 is 25.2 Å². The van der Waals surface area contributed by atoms with Gasteiger partial charge in [0.05, 0.1) is 31.3 Å². The van der Waals surface area contributed by atoms with E-state index in [2.05, 4.69) is 15.6 Å². The van der Waals surface area contributed by atoms with E-state index in [0.29, 0.717) is 43.0 Å². The van der Waals surface area contributed by atoms with Gasteiger partial charge in [-0.2, -0.15) is 0 Å². The molecule has 5 rings (SSSR count). The number of benzene rings is 2. The minimum atomic E-state index is -0.410. The molecular formula is C31H31N5O5. The fourth-order valence-electron chi connectivity index (χ4n) is 4.64. The Morgan fingerprint density at radius 2 is 1.85 bits per heavy atom. The van der Waals surface area contributed by atoms with E-state index in [-0.39, 0.29) is 30.7 Å². The fourth-order valence-corrected chi connectivity index (χ4v) is 4.64. The summed E-state index contributed by atoms with van der Waals surface area (Å²) in [4.78, 5) is 46.7. The van der Waals surface area contributed by atoms with Gasteiger partial charge in [-0.1, -0.05) is 18.2 Å². The second-order valence-electron chi connectivity index (χ2n) is 9.51. The molecular weight excluding hydrogens is 522 g/mol. The second kappa shape index (κ2) is 12.9. The molecule has 2 N–H and O–H groups in total. The zero-order valence-electron chi connectivity index (χ0n) is 22.7. The highest BCUT2D eigenvalue weighted by Crippen LogP contribution is 2.36. The van der Waals surface area contributed by atoms with Gasteiger partial charge in [-0.05, 0) is 66.6 Å². The van der Waals surface area contributed by atoms with Gasteiger partial charge in [-0.3, -0.25) is 24.3 Å². The molecule has 3 amide bonds. The van der Waals surface area contributed by atoms with Gasteiger partial charge in [-0.25, -0.2) is 0 Å². The predicted octanol–water partition coefficient (Wildman–Crippen LogP) is 3.69. The molecule has 1 aliphatic rings. The predicted molar refractivity (Wildman–Crippen MR) is 155 cm³/mol. The van der Waals surface area contributed by atoms with Gasteiger partial charge < -0.3 is 24.7 Å². The van der Waals surface area contributed by atoms with Crippen molar-refractivity contribution in [3.63, 3.8) is 0 Å². The lowest BCUT2D eigenvalue weighted by atomic mass is 10.1. The highest BCUT2D eigenvalue weighted by Gasteiger charge is 2.32. The minimum absolute atomic E-state index is 0.0500. The van der Waals surface area contributed by atoms with Crippen LogP contribution in [0.15, 0.2) is 89.7 Å². The standard InChI is InChI=1S/C31H31N5O5/c1-40-25-10-7-22(8-11-25)14-17-35-26-12-9-24(34-31(39)28-6-4-18-41-28)19-27(26)36(21-30(35)38)29(37)20-32-16-13-23-5-2-3-15-33-23/h2-12,15,18-19,32H,13-14,16-17,20-21H2,1H3,(H,34,39). The lowest BCUT2D eigenvalue weighted by molar-refractivity contribution is -0.122. The van der Waals surface area contributed by atoms with Crippen molar-refractivity contribution in [2.75, 3.05) is 48.4 Å². The average molecular weight is 554 g/mol. The molecule has 0 fully saturated rings. The van der Waals surface area contributed by atoms with Crippen LogP contribution in [0.2, 0.25) is 0 Å². The molecule has 0 unspecified atom stereocenters. The molecule has 1 aliphatic heterocycles. The fraction of sp³-hybridized carbons (Fsp3) is 0.226. The van der Waals surface area contributed by atoms with Crippen molar-refractivity contribution in [1.82, 2.24) is 10.3 Å². The molecule has 0 saturated carbocycles. The summed E-state index contributed by atoms with van der Waals surface area (Å²) in [6.45, 7) is 0.936. The Morgan fingerprint density at radius 3 is 2.59 bits per heavy atom. The molecule has 41 heavy (non-hydrogen) atoms. The number of amides is 3. The van der Waals surface area contributed by atoms with E-state index in [1.54, 1.807) is 48.5 Å². The summed E-state index contributed by atoms with van der Waals surface area (Å²) in [5.74, 6) is 0.0986. The Bertz CT molecular complexity index is 1490. The SMILES string of the molecule is COc1ccc(CCN2C(=O)CN(C(=O)CNCCc3ccccn3)c3cc(NC(=O)c4ccco4)ccc32)cc1. The molecule has 0 bridgehead atoms. The smallest absolute Gasteiger partial charge is 0.291 e. The third-order valence-electron chi connectivity index (χ3n) is 6.80. The number of ether oxygens (including phenoxy) is 1. The van der Waals surface area contributed by atoms with Crippen molar-refractivity contribution < 1.29 is 23.5 Å². The largest absolute Gasteiger partial charge is 0.497 e. The van der Waals surface area contributed by atoms with Crippen LogP contribution in [-0.4, -0.2) is 56.0 Å². The molecule has 2 aromatic carbocycles. The van der Waals surface area contributed by atoms with E-state index in [1.807, 2.05) is 42.5 Å². The maximum atomic E-state index is 13.3. The number of hydrogen-bond donors (Lipinski definition) is 2. The van der Waals surface area contributed by atoms with Crippen LogP contribution in [0, 0.1) is 0 Å². The van der Waals surface area contributed by atoms with E-state index in [4.69, 9.17) is 9.15 Å². The van der Waals surface area contributed by atoms with Crippen molar-refractivity contribution in [3.05, 3.63) is 102 Å². The number of carbonyl (C=O) groups is 3. The summed E-state index contributed by atoms with van der Waals surface area (Å²) >= 11 is 0. The van der Waals surface area contributed by atoms with E-state index in [1.165, 1.54) is 11.2 Å². The van der Waals surface area contributed by atoms with Crippen LogP contribution >= 0.6 is 0 Å². The van der Waals surface area contributed by atoms with Gasteiger partial charge in [0, 0.05) is 37.1 Å². The highest BCUT2D eigenvalue weighted by molar-refractivity contribution is 6.12. The number of rotatable bonds is 11. The summed E-state index contributed by atoms with van der Waals surface area (Å²) in [7, 11) is 1.62. The minimum Gasteiger partial charge on any atom is -0.497 e. The molecule has 0 radical (unpaired) electrons. The van der Waals surface area contributed by atoms with Crippen LogP contribution in [0.5, 0.6) is 5.75 Å². The molecule has 3 heterocycles. The first kappa shape index (κ1) is 27.6. The Labute approximate surface area is 237 Å². The third-order valence-corrected chi connectivity index (χ3v) is 6.80. The monoisotopic (exact) mass is 553 g/mol. The van der Waals surface area contributed by atoms with Gasteiger partial charge in [0.25, 0.3) is 5.91 Å².